The Morgan fingerprint density at radius 1 is 1.08 bits per heavy atom. The van der Waals surface area contributed by atoms with Gasteiger partial charge in [0.2, 0.25) is 0 Å². The van der Waals surface area contributed by atoms with Crippen LogP contribution in [0.15, 0.2) is 5.16 Å². The minimum atomic E-state index is -0.798. The molecule has 1 aliphatic heterocycles. The normalized spacial score (nSPS) is 28.9. The Morgan fingerprint density at radius 3 is 2.19 bits per heavy atom. The smallest absolute Gasteiger partial charge is 0.158 e. The summed E-state index contributed by atoms with van der Waals surface area (Å²) in [6.45, 7) is 22.5. The molecule has 0 saturated carbocycles. The van der Waals surface area contributed by atoms with Crippen molar-refractivity contribution < 1.29 is 24.6 Å². The van der Waals surface area contributed by atoms with E-state index in [1.165, 1.54) is 0 Å². The van der Waals surface area contributed by atoms with E-state index in [0.29, 0.717) is 18.3 Å². The van der Waals surface area contributed by atoms with Gasteiger partial charge in [0.1, 0.15) is 5.78 Å². The molecule has 36 heavy (non-hydrogen) atoms. The lowest BCUT2D eigenvalue weighted by atomic mass is 9.76. The number of nitrogens with zero attached hydrogens (tertiary/aromatic N) is 1. The maximum Gasteiger partial charge on any atom is 0.158 e. The predicted octanol–water partition coefficient (Wildman–Crippen LogP) is 7.10. The van der Waals surface area contributed by atoms with Crippen molar-refractivity contribution in [3.05, 3.63) is 0 Å². The van der Waals surface area contributed by atoms with Crippen LogP contribution in [0.2, 0.25) is 0 Å². The first-order chi connectivity index (χ1) is 16.6. The molecule has 6 heteroatoms. The molecule has 6 unspecified atom stereocenters. The van der Waals surface area contributed by atoms with E-state index in [4.69, 9.17) is 9.47 Å². The standard InChI is InChI=1S/C30H57NO5/c1-12-23(7)30(11,33)17-22(6)28(31-34)20(4)13-18(2)14-21(5)29(25(9)26(10)32)36-27-16-19(3)15-24(8)35-27/h18-25,27,29,33-34H,12-17H2,1-11H3/b31-28+/t18-,19?,20+,21?,22+,23?,24?,25?,27-,29?,30-/m0/s1. The van der Waals surface area contributed by atoms with Crippen molar-refractivity contribution in [2.24, 2.45) is 46.6 Å². The van der Waals surface area contributed by atoms with Crippen molar-refractivity contribution in [2.75, 3.05) is 0 Å². The molecule has 0 aromatic rings. The number of oxime groups is 1. The molecule has 1 heterocycles. The number of ketones is 1. The van der Waals surface area contributed by atoms with Gasteiger partial charge in [-0.15, -0.1) is 0 Å². The maximum atomic E-state index is 12.3. The second kappa shape index (κ2) is 14.8. The Bertz CT molecular complexity index is 683. The van der Waals surface area contributed by atoms with Gasteiger partial charge in [-0.05, 0) is 76.0 Å². The van der Waals surface area contributed by atoms with E-state index in [1.807, 2.05) is 20.8 Å². The third kappa shape index (κ3) is 10.1. The molecule has 0 aromatic heterocycles. The van der Waals surface area contributed by atoms with Crippen LogP contribution in [0.4, 0.5) is 0 Å². The van der Waals surface area contributed by atoms with E-state index in [0.717, 1.165) is 37.8 Å². The molecular weight excluding hydrogens is 454 g/mol. The highest BCUT2D eigenvalue weighted by atomic mass is 16.7. The Balaban J connectivity index is 2.83. The molecule has 11 atom stereocenters. The molecule has 0 radical (unpaired) electrons. The van der Waals surface area contributed by atoms with Crippen molar-refractivity contribution in [1.29, 1.82) is 0 Å². The van der Waals surface area contributed by atoms with Crippen molar-refractivity contribution in [3.63, 3.8) is 0 Å². The van der Waals surface area contributed by atoms with E-state index >= 15 is 0 Å². The molecule has 0 bridgehead atoms. The van der Waals surface area contributed by atoms with Crippen LogP contribution in [0.3, 0.4) is 0 Å². The summed E-state index contributed by atoms with van der Waals surface area (Å²) in [5.74, 6) is 1.27. The summed E-state index contributed by atoms with van der Waals surface area (Å²) in [5.41, 5.74) is -0.0466. The topological polar surface area (TPSA) is 88.4 Å². The second-order valence-electron chi connectivity index (χ2n) is 12.7. The third-order valence-corrected chi connectivity index (χ3v) is 8.77. The van der Waals surface area contributed by atoms with E-state index in [9.17, 15) is 15.1 Å². The molecule has 1 aliphatic rings. The zero-order chi connectivity index (χ0) is 27.8. The summed E-state index contributed by atoms with van der Waals surface area (Å²) in [6, 6.07) is 0. The Hall–Kier alpha value is -0.980. The van der Waals surface area contributed by atoms with Crippen LogP contribution in [-0.4, -0.2) is 45.9 Å². The molecular formula is C30H57NO5. The number of carbonyl (C=O) groups excluding carboxylic acids is 1. The van der Waals surface area contributed by atoms with Gasteiger partial charge in [-0.3, -0.25) is 4.79 Å². The van der Waals surface area contributed by atoms with Gasteiger partial charge < -0.3 is 19.8 Å². The quantitative estimate of drug-likeness (QED) is 0.139. The average molecular weight is 512 g/mol. The fourth-order valence-corrected chi connectivity index (χ4v) is 6.24. The molecule has 0 spiro atoms. The van der Waals surface area contributed by atoms with Crippen molar-refractivity contribution in [1.82, 2.24) is 0 Å². The molecule has 0 aliphatic carbocycles. The van der Waals surface area contributed by atoms with E-state index < -0.39 is 5.60 Å². The number of hydrogen-bond acceptors (Lipinski definition) is 6. The number of rotatable bonds is 15. The second-order valence-corrected chi connectivity index (χ2v) is 12.7. The Morgan fingerprint density at radius 2 is 1.69 bits per heavy atom. The van der Waals surface area contributed by atoms with Gasteiger partial charge in [0.25, 0.3) is 0 Å². The lowest BCUT2D eigenvalue weighted by Crippen LogP contribution is -2.41. The van der Waals surface area contributed by atoms with Gasteiger partial charge in [0, 0.05) is 18.3 Å². The molecule has 0 aromatic carbocycles. The van der Waals surface area contributed by atoms with Crippen molar-refractivity contribution >= 4 is 11.5 Å². The Labute approximate surface area is 221 Å². The van der Waals surface area contributed by atoms with Crippen molar-refractivity contribution in [2.45, 2.75) is 139 Å². The molecule has 1 rings (SSSR count). The Kier molecular flexibility index (Phi) is 13.6. The zero-order valence-electron chi connectivity index (χ0n) is 25.1. The summed E-state index contributed by atoms with van der Waals surface area (Å²) in [5, 5.41) is 24.4. The molecule has 1 fully saturated rings. The van der Waals surface area contributed by atoms with Gasteiger partial charge in [0.05, 0.1) is 23.5 Å². The van der Waals surface area contributed by atoms with E-state index in [-0.39, 0.29) is 53.9 Å². The van der Waals surface area contributed by atoms with Crippen LogP contribution in [0.5, 0.6) is 0 Å². The average Bonchev–Trinajstić information content (AvgIpc) is 2.75. The summed E-state index contributed by atoms with van der Waals surface area (Å²) in [6.07, 6.45) is 4.86. The van der Waals surface area contributed by atoms with E-state index in [1.54, 1.807) is 6.92 Å². The van der Waals surface area contributed by atoms with E-state index in [2.05, 4.69) is 53.6 Å². The molecule has 1 saturated heterocycles. The molecule has 6 nitrogen and oxygen atoms in total. The number of Topliss-reactive ketones (excluding diaryl/α,β-unsaturated/α-hetero) is 1. The van der Waals surface area contributed by atoms with Crippen molar-refractivity contribution in [3.8, 4) is 0 Å². The number of ether oxygens (including phenoxy) is 2. The van der Waals surface area contributed by atoms with Gasteiger partial charge in [-0.1, -0.05) is 67.0 Å². The van der Waals surface area contributed by atoms with Gasteiger partial charge in [-0.2, -0.15) is 0 Å². The molecule has 212 valence electrons. The highest BCUT2D eigenvalue weighted by Gasteiger charge is 2.35. The minimum absolute atomic E-state index is 0.0140. The van der Waals surface area contributed by atoms with Crippen LogP contribution in [-0.2, 0) is 14.3 Å². The maximum absolute atomic E-state index is 12.3. The number of carbonyl (C=O) groups is 1. The van der Waals surface area contributed by atoms with Crippen LogP contribution >= 0.6 is 0 Å². The highest BCUT2D eigenvalue weighted by Crippen LogP contribution is 2.34. The summed E-state index contributed by atoms with van der Waals surface area (Å²) >= 11 is 0. The first-order valence-corrected chi connectivity index (χ1v) is 14.4. The fourth-order valence-electron chi connectivity index (χ4n) is 6.24. The number of aliphatic hydroxyl groups is 1. The summed E-state index contributed by atoms with van der Waals surface area (Å²) in [7, 11) is 0. The molecule has 0 amide bonds. The van der Waals surface area contributed by atoms with Gasteiger partial charge in [-0.25, -0.2) is 0 Å². The van der Waals surface area contributed by atoms with Gasteiger partial charge >= 0.3 is 0 Å². The number of hydrogen-bond donors (Lipinski definition) is 2. The van der Waals surface area contributed by atoms with Gasteiger partial charge in [0.15, 0.2) is 6.29 Å². The van der Waals surface area contributed by atoms with Crippen LogP contribution in [0.1, 0.15) is 115 Å². The van der Waals surface area contributed by atoms with Crippen LogP contribution in [0.25, 0.3) is 0 Å². The third-order valence-electron chi connectivity index (χ3n) is 8.77. The first-order valence-electron chi connectivity index (χ1n) is 14.4. The summed E-state index contributed by atoms with van der Waals surface area (Å²) in [4.78, 5) is 12.3. The fraction of sp³-hybridized carbons (Fsp3) is 0.933. The monoisotopic (exact) mass is 511 g/mol. The SMILES string of the molecule is CCC(C)[C@@](C)(O)C[C@@H](C)/C(=N/O)[C@H](C)C[C@H](C)CC(C)C(O[C@H]1CC(C)CC(C)O1)C(C)C(C)=O. The first kappa shape index (κ1) is 33.0. The van der Waals surface area contributed by atoms with Crippen LogP contribution < -0.4 is 0 Å². The highest BCUT2D eigenvalue weighted by molar-refractivity contribution is 5.88. The lowest BCUT2D eigenvalue weighted by molar-refractivity contribution is -0.235. The zero-order valence-corrected chi connectivity index (χ0v) is 25.1. The lowest BCUT2D eigenvalue weighted by Gasteiger charge is -2.38. The minimum Gasteiger partial charge on any atom is -0.411 e. The predicted molar refractivity (Wildman–Crippen MR) is 147 cm³/mol. The van der Waals surface area contributed by atoms with Crippen LogP contribution in [0, 0.1) is 41.4 Å². The summed E-state index contributed by atoms with van der Waals surface area (Å²) < 4.78 is 12.6. The molecule has 2 N–H and O–H groups in total. The largest absolute Gasteiger partial charge is 0.411 e.